The maximum atomic E-state index is 10.8. The summed E-state index contributed by atoms with van der Waals surface area (Å²) >= 11 is -0.532. The van der Waals surface area contributed by atoms with Gasteiger partial charge in [0.2, 0.25) is 0 Å². The lowest BCUT2D eigenvalue weighted by Crippen LogP contribution is -2.08. The van der Waals surface area contributed by atoms with Crippen molar-refractivity contribution in [1.82, 2.24) is 0 Å². The molecule has 47 valence electrons. The highest BCUT2D eigenvalue weighted by atomic mass is 32.2. The van der Waals surface area contributed by atoms with E-state index in [0.29, 0.717) is 0 Å². The molecule has 0 heterocycles. The summed E-state index contributed by atoms with van der Waals surface area (Å²) in [4.78, 5) is 0. The van der Waals surface area contributed by atoms with Crippen LogP contribution in [0.25, 0.3) is 0 Å². The topological polar surface area (TPSA) is 23.1 Å². The van der Waals surface area contributed by atoms with Crippen LogP contribution in [0.1, 0.15) is 19.8 Å². The van der Waals surface area contributed by atoms with Crippen LogP contribution in [0, 0.1) is 5.92 Å². The van der Waals surface area contributed by atoms with Crippen LogP contribution in [0.15, 0.2) is 0 Å². The predicted octanol–water partition coefficient (Wildman–Crippen LogP) is 1.12. The smallest absolute Gasteiger partial charge is 0.111 e. The summed E-state index contributed by atoms with van der Waals surface area (Å²) in [6.07, 6.45) is 2.48. The first-order chi connectivity index (χ1) is 3.83. The highest BCUT2D eigenvalue weighted by Gasteiger charge is 2.26. The van der Waals surface area contributed by atoms with E-state index in [2.05, 4.69) is 0 Å². The van der Waals surface area contributed by atoms with Gasteiger partial charge in [-0.3, -0.25) is 0 Å². The number of rotatable bonds is 3. The standard InChI is InChI=1S/C6H11OS/c1-2-8(7)5-6-3-4-6/h2-5H2,1H3. The lowest BCUT2D eigenvalue weighted by molar-refractivity contribution is 0.597. The van der Waals surface area contributed by atoms with E-state index in [-0.39, 0.29) is 0 Å². The first-order valence-corrected chi connectivity index (χ1v) is 4.50. The molecule has 1 nitrogen and oxygen atoms in total. The highest BCUT2D eigenvalue weighted by molar-refractivity contribution is 7.91. The van der Waals surface area contributed by atoms with Gasteiger partial charge < -0.3 is 4.55 Å². The Morgan fingerprint density at radius 2 is 2.25 bits per heavy atom. The van der Waals surface area contributed by atoms with Crippen LogP contribution in [-0.4, -0.2) is 16.1 Å². The molecule has 1 radical (unpaired) electrons. The molecule has 0 saturated heterocycles. The van der Waals surface area contributed by atoms with Crippen molar-refractivity contribution in [3.05, 3.63) is 5.92 Å². The second kappa shape index (κ2) is 2.74. The molecule has 0 spiro atoms. The monoisotopic (exact) mass is 131 g/mol. The van der Waals surface area contributed by atoms with Gasteiger partial charge in [0.25, 0.3) is 0 Å². The molecule has 8 heavy (non-hydrogen) atoms. The minimum absolute atomic E-state index is 0.532. The quantitative estimate of drug-likeness (QED) is 0.526. The van der Waals surface area contributed by atoms with Crippen molar-refractivity contribution >= 4 is 11.2 Å². The van der Waals surface area contributed by atoms with E-state index in [1.807, 2.05) is 6.92 Å². The Morgan fingerprint density at radius 1 is 1.62 bits per heavy atom. The van der Waals surface area contributed by atoms with Crippen molar-refractivity contribution < 1.29 is 4.55 Å². The van der Waals surface area contributed by atoms with Crippen molar-refractivity contribution in [1.29, 1.82) is 0 Å². The lowest BCUT2D eigenvalue weighted by atomic mass is 10.5. The van der Waals surface area contributed by atoms with Crippen LogP contribution in [-0.2, 0) is 11.2 Å². The molecule has 1 rings (SSSR count). The highest BCUT2D eigenvalue weighted by Crippen LogP contribution is 2.32. The zero-order chi connectivity index (χ0) is 5.98. The minimum atomic E-state index is -0.532. The molecule has 1 unspecified atom stereocenters. The Labute approximate surface area is 53.7 Å². The second-order valence-electron chi connectivity index (χ2n) is 2.12. The summed E-state index contributed by atoms with van der Waals surface area (Å²) in [5, 5.41) is 0. The zero-order valence-corrected chi connectivity index (χ0v) is 5.96. The average Bonchev–Trinajstić information content (AvgIpc) is 2.50. The predicted molar refractivity (Wildman–Crippen MR) is 36.0 cm³/mol. The summed E-state index contributed by atoms with van der Waals surface area (Å²) in [6, 6.07) is 0. The van der Waals surface area contributed by atoms with Gasteiger partial charge in [0, 0.05) is 5.92 Å². The molecule has 1 aliphatic rings. The molecule has 1 atom stereocenters. The fraction of sp³-hybridized carbons (Fsp3) is 0.833. The van der Waals surface area contributed by atoms with E-state index in [1.54, 1.807) is 0 Å². The molecule has 0 amide bonds. The fourth-order valence-electron chi connectivity index (χ4n) is 0.562. The van der Waals surface area contributed by atoms with Gasteiger partial charge in [0.1, 0.15) is 11.5 Å². The molecule has 1 saturated carbocycles. The normalized spacial score (nSPS) is 23.2. The van der Waals surface area contributed by atoms with Gasteiger partial charge in [-0.25, -0.2) is 0 Å². The number of hydrogen-bond donors (Lipinski definition) is 0. The molecule has 0 aromatic rings. The SMILES string of the molecule is CC[S+]([O-])C[C]1CC1. The summed E-state index contributed by atoms with van der Waals surface area (Å²) in [6.45, 7) is 1.97. The van der Waals surface area contributed by atoms with Gasteiger partial charge in [-0.1, -0.05) is 11.2 Å². The summed E-state index contributed by atoms with van der Waals surface area (Å²) in [5.41, 5.74) is 0. The van der Waals surface area contributed by atoms with Crippen LogP contribution in [0.4, 0.5) is 0 Å². The maximum absolute atomic E-state index is 10.8. The van der Waals surface area contributed by atoms with Gasteiger partial charge in [-0.2, -0.15) is 0 Å². The third kappa shape index (κ3) is 2.05. The Kier molecular flexibility index (Phi) is 2.20. The maximum Gasteiger partial charge on any atom is 0.111 e. The molecule has 0 bridgehead atoms. The molecular formula is C6H11OS. The lowest BCUT2D eigenvalue weighted by Gasteiger charge is -2.05. The van der Waals surface area contributed by atoms with Crippen LogP contribution in [0.5, 0.6) is 0 Å². The van der Waals surface area contributed by atoms with Crippen LogP contribution in [0.2, 0.25) is 0 Å². The molecule has 0 aromatic carbocycles. The number of hydrogen-bond acceptors (Lipinski definition) is 1. The Balaban J connectivity index is 1.98. The zero-order valence-electron chi connectivity index (χ0n) is 5.14. The van der Waals surface area contributed by atoms with Gasteiger partial charge in [0.15, 0.2) is 0 Å². The van der Waals surface area contributed by atoms with E-state index in [0.717, 1.165) is 11.5 Å². The molecule has 1 fully saturated rings. The molecule has 0 N–H and O–H groups in total. The van der Waals surface area contributed by atoms with Gasteiger partial charge in [-0.05, 0) is 19.8 Å². The summed E-state index contributed by atoms with van der Waals surface area (Å²) in [7, 11) is 0. The Morgan fingerprint density at radius 3 is 2.62 bits per heavy atom. The minimum Gasteiger partial charge on any atom is -0.616 e. The van der Waals surface area contributed by atoms with Crippen molar-refractivity contribution in [3.8, 4) is 0 Å². The summed E-state index contributed by atoms with van der Waals surface area (Å²) < 4.78 is 10.8. The molecular weight excluding hydrogens is 120 g/mol. The fourth-order valence-corrected chi connectivity index (χ4v) is 1.51. The molecule has 0 aromatic heterocycles. The van der Waals surface area contributed by atoms with Gasteiger partial charge in [-0.15, -0.1) is 0 Å². The van der Waals surface area contributed by atoms with Gasteiger partial charge >= 0.3 is 0 Å². The van der Waals surface area contributed by atoms with Crippen molar-refractivity contribution in [2.24, 2.45) is 0 Å². The van der Waals surface area contributed by atoms with E-state index >= 15 is 0 Å². The van der Waals surface area contributed by atoms with Crippen LogP contribution >= 0.6 is 0 Å². The first kappa shape index (κ1) is 6.43. The summed E-state index contributed by atoms with van der Waals surface area (Å²) in [5.74, 6) is 3.21. The second-order valence-corrected chi connectivity index (χ2v) is 3.87. The van der Waals surface area contributed by atoms with E-state index in [4.69, 9.17) is 0 Å². The largest absolute Gasteiger partial charge is 0.616 e. The Hall–Kier alpha value is 0.310. The van der Waals surface area contributed by atoms with E-state index < -0.39 is 11.2 Å². The van der Waals surface area contributed by atoms with Crippen molar-refractivity contribution in [3.63, 3.8) is 0 Å². The first-order valence-electron chi connectivity index (χ1n) is 3.01. The van der Waals surface area contributed by atoms with E-state index in [9.17, 15) is 4.55 Å². The average molecular weight is 131 g/mol. The third-order valence-electron chi connectivity index (χ3n) is 1.29. The Bertz CT molecular complexity index is 70.9. The molecule has 1 aliphatic carbocycles. The van der Waals surface area contributed by atoms with Crippen LogP contribution < -0.4 is 0 Å². The molecule has 0 aliphatic heterocycles. The van der Waals surface area contributed by atoms with Crippen molar-refractivity contribution in [2.45, 2.75) is 19.8 Å². The van der Waals surface area contributed by atoms with Crippen LogP contribution in [0.3, 0.4) is 0 Å². The van der Waals surface area contributed by atoms with Crippen molar-refractivity contribution in [2.75, 3.05) is 11.5 Å². The van der Waals surface area contributed by atoms with E-state index in [1.165, 1.54) is 18.8 Å². The third-order valence-corrected chi connectivity index (χ3v) is 2.66. The van der Waals surface area contributed by atoms with Gasteiger partial charge in [0.05, 0.1) is 0 Å². The molecule has 2 heteroatoms.